The van der Waals surface area contributed by atoms with Gasteiger partial charge in [-0.05, 0) is 68.3 Å². The molecule has 0 fully saturated rings. The number of rotatable bonds is 6. The molecule has 9 heteroatoms. The second-order valence-corrected chi connectivity index (χ2v) is 7.22. The number of benzene rings is 2. The number of methoxy groups -OCH3 is 1. The summed E-state index contributed by atoms with van der Waals surface area (Å²) in [6.07, 6.45) is -3.74. The third kappa shape index (κ3) is 5.16. The highest BCUT2D eigenvalue weighted by molar-refractivity contribution is 6.04. The van der Waals surface area contributed by atoms with Crippen molar-refractivity contribution in [1.82, 2.24) is 9.78 Å². The molecule has 1 amide bonds. The number of anilines is 1. The van der Waals surface area contributed by atoms with E-state index in [1.165, 1.54) is 19.2 Å². The van der Waals surface area contributed by atoms with Gasteiger partial charge in [-0.2, -0.15) is 18.3 Å². The average molecular weight is 445 g/mol. The minimum absolute atomic E-state index is 0.0581. The number of carbonyl (C=O) groups is 2. The van der Waals surface area contributed by atoms with Crippen molar-refractivity contribution in [2.45, 2.75) is 32.9 Å². The van der Waals surface area contributed by atoms with Crippen LogP contribution in [0.25, 0.3) is 5.69 Å². The molecule has 0 saturated heterocycles. The SMILES string of the molecule is COC(=O)CCc1c(C)nn(-c2ccc(C(=O)Nc3cccc(C(F)(F)F)c3)cc2)c1C. The molecule has 32 heavy (non-hydrogen) atoms. The largest absolute Gasteiger partial charge is 0.469 e. The summed E-state index contributed by atoms with van der Waals surface area (Å²) in [4.78, 5) is 23.9. The lowest BCUT2D eigenvalue weighted by molar-refractivity contribution is -0.140. The normalized spacial score (nSPS) is 11.3. The molecule has 0 aliphatic carbocycles. The molecule has 3 aromatic rings. The van der Waals surface area contributed by atoms with Gasteiger partial charge in [0.2, 0.25) is 0 Å². The monoisotopic (exact) mass is 445 g/mol. The highest BCUT2D eigenvalue weighted by Gasteiger charge is 2.30. The molecule has 0 aliphatic heterocycles. The van der Waals surface area contributed by atoms with Crippen molar-refractivity contribution in [3.05, 3.63) is 76.6 Å². The number of amides is 1. The van der Waals surface area contributed by atoms with Crippen LogP contribution in [0.1, 0.15) is 39.3 Å². The van der Waals surface area contributed by atoms with E-state index in [0.29, 0.717) is 17.7 Å². The molecule has 1 heterocycles. The van der Waals surface area contributed by atoms with Crippen molar-refractivity contribution in [2.75, 3.05) is 12.4 Å². The summed E-state index contributed by atoms with van der Waals surface area (Å²) in [6.45, 7) is 3.74. The van der Waals surface area contributed by atoms with Crippen LogP contribution >= 0.6 is 0 Å². The second kappa shape index (κ2) is 9.25. The minimum Gasteiger partial charge on any atom is -0.469 e. The molecule has 0 atom stereocenters. The quantitative estimate of drug-likeness (QED) is 0.550. The Bertz CT molecular complexity index is 1140. The van der Waals surface area contributed by atoms with Crippen LogP contribution in [0, 0.1) is 13.8 Å². The van der Waals surface area contributed by atoms with E-state index in [0.717, 1.165) is 29.1 Å². The van der Waals surface area contributed by atoms with Crippen LogP contribution in [0.5, 0.6) is 0 Å². The smallest absolute Gasteiger partial charge is 0.416 e. The van der Waals surface area contributed by atoms with E-state index >= 15 is 0 Å². The Labute approximate surface area is 183 Å². The first kappa shape index (κ1) is 23.1. The zero-order valence-corrected chi connectivity index (χ0v) is 17.8. The van der Waals surface area contributed by atoms with Gasteiger partial charge >= 0.3 is 12.1 Å². The number of carbonyl (C=O) groups excluding carboxylic acids is 2. The number of nitrogens with zero attached hydrogens (tertiary/aromatic N) is 2. The first-order valence-corrected chi connectivity index (χ1v) is 9.81. The number of aromatic nitrogens is 2. The molecule has 0 radical (unpaired) electrons. The zero-order valence-electron chi connectivity index (χ0n) is 17.8. The molecule has 0 spiro atoms. The fourth-order valence-electron chi connectivity index (χ4n) is 3.35. The van der Waals surface area contributed by atoms with E-state index in [1.54, 1.807) is 28.9 Å². The maximum Gasteiger partial charge on any atom is 0.416 e. The van der Waals surface area contributed by atoms with Crippen LogP contribution in [0.15, 0.2) is 48.5 Å². The molecule has 0 bridgehead atoms. The lowest BCUT2D eigenvalue weighted by atomic mass is 10.1. The Morgan fingerprint density at radius 1 is 1.09 bits per heavy atom. The number of ether oxygens (including phenoxy) is 1. The maximum absolute atomic E-state index is 12.9. The van der Waals surface area contributed by atoms with Crippen molar-refractivity contribution >= 4 is 17.6 Å². The molecular weight excluding hydrogens is 423 g/mol. The fraction of sp³-hybridized carbons (Fsp3) is 0.261. The number of alkyl halides is 3. The molecule has 1 aromatic heterocycles. The van der Waals surface area contributed by atoms with Crippen LogP contribution in [-0.2, 0) is 22.1 Å². The van der Waals surface area contributed by atoms with Gasteiger partial charge in [0.1, 0.15) is 0 Å². The molecule has 0 unspecified atom stereocenters. The molecule has 3 rings (SSSR count). The van der Waals surface area contributed by atoms with Gasteiger partial charge in [0.05, 0.1) is 24.1 Å². The molecular formula is C23H22F3N3O3. The van der Waals surface area contributed by atoms with Crippen molar-refractivity contribution < 1.29 is 27.5 Å². The summed E-state index contributed by atoms with van der Waals surface area (Å²) in [5.74, 6) is -0.823. The third-order valence-corrected chi connectivity index (χ3v) is 5.07. The predicted molar refractivity (Wildman–Crippen MR) is 113 cm³/mol. The lowest BCUT2D eigenvalue weighted by Crippen LogP contribution is -2.13. The number of hydrogen-bond acceptors (Lipinski definition) is 4. The Kier molecular flexibility index (Phi) is 6.67. The minimum atomic E-state index is -4.49. The highest BCUT2D eigenvalue weighted by atomic mass is 19.4. The van der Waals surface area contributed by atoms with E-state index < -0.39 is 17.6 Å². The van der Waals surface area contributed by atoms with E-state index in [2.05, 4.69) is 15.2 Å². The number of hydrogen-bond donors (Lipinski definition) is 1. The maximum atomic E-state index is 12.9. The van der Waals surface area contributed by atoms with Gasteiger partial charge in [0.15, 0.2) is 0 Å². The van der Waals surface area contributed by atoms with Crippen molar-refractivity contribution in [3.63, 3.8) is 0 Å². The van der Waals surface area contributed by atoms with Crippen LogP contribution in [0.4, 0.5) is 18.9 Å². The Balaban J connectivity index is 1.75. The van der Waals surface area contributed by atoms with Crippen LogP contribution in [0.2, 0.25) is 0 Å². The number of nitrogens with one attached hydrogen (secondary N) is 1. The molecule has 0 aliphatic rings. The highest BCUT2D eigenvalue weighted by Crippen LogP contribution is 2.30. The van der Waals surface area contributed by atoms with Gasteiger partial charge in [-0.1, -0.05) is 6.07 Å². The summed E-state index contributed by atoms with van der Waals surface area (Å²) in [5.41, 5.74) is 2.83. The van der Waals surface area contributed by atoms with Gasteiger partial charge in [0.25, 0.3) is 5.91 Å². The Morgan fingerprint density at radius 3 is 2.41 bits per heavy atom. The van der Waals surface area contributed by atoms with E-state index in [-0.39, 0.29) is 18.1 Å². The van der Waals surface area contributed by atoms with Crippen LogP contribution < -0.4 is 5.32 Å². The zero-order chi connectivity index (χ0) is 23.5. The topological polar surface area (TPSA) is 73.2 Å². The van der Waals surface area contributed by atoms with E-state index in [1.807, 2.05) is 13.8 Å². The van der Waals surface area contributed by atoms with Crippen molar-refractivity contribution in [3.8, 4) is 5.69 Å². The standard InChI is InChI=1S/C23H22F3N3O3/c1-14-20(11-12-21(30)32-3)15(2)29(28-14)19-9-7-16(8-10-19)22(31)27-18-6-4-5-17(13-18)23(24,25)26/h4-10,13H,11-12H2,1-3H3,(H,27,31). The second-order valence-electron chi connectivity index (χ2n) is 7.22. The lowest BCUT2D eigenvalue weighted by Gasteiger charge is -2.10. The molecule has 1 N–H and O–H groups in total. The molecule has 6 nitrogen and oxygen atoms in total. The molecule has 168 valence electrons. The van der Waals surface area contributed by atoms with Gasteiger partial charge in [-0.15, -0.1) is 0 Å². The van der Waals surface area contributed by atoms with E-state index in [4.69, 9.17) is 0 Å². The number of halogens is 3. The Morgan fingerprint density at radius 2 is 1.78 bits per heavy atom. The first-order valence-electron chi connectivity index (χ1n) is 9.81. The van der Waals surface area contributed by atoms with Gasteiger partial charge in [-0.3, -0.25) is 9.59 Å². The third-order valence-electron chi connectivity index (χ3n) is 5.07. The van der Waals surface area contributed by atoms with Crippen LogP contribution in [0.3, 0.4) is 0 Å². The van der Waals surface area contributed by atoms with Gasteiger partial charge < -0.3 is 10.1 Å². The fourth-order valence-corrected chi connectivity index (χ4v) is 3.35. The van der Waals surface area contributed by atoms with Crippen molar-refractivity contribution in [1.29, 1.82) is 0 Å². The summed E-state index contributed by atoms with van der Waals surface area (Å²) in [6, 6.07) is 11.0. The predicted octanol–water partition coefficient (Wildman–Crippen LogP) is 4.87. The summed E-state index contributed by atoms with van der Waals surface area (Å²) >= 11 is 0. The molecule has 0 saturated carbocycles. The number of aryl methyl sites for hydroxylation is 1. The molecule has 2 aromatic carbocycles. The average Bonchev–Trinajstić information content (AvgIpc) is 3.05. The van der Waals surface area contributed by atoms with Crippen LogP contribution in [-0.4, -0.2) is 28.8 Å². The summed E-state index contributed by atoms with van der Waals surface area (Å²) < 4.78 is 45.0. The van der Waals surface area contributed by atoms with Crippen molar-refractivity contribution in [2.24, 2.45) is 0 Å². The first-order chi connectivity index (χ1) is 15.1. The Hall–Kier alpha value is -3.62. The van der Waals surface area contributed by atoms with E-state index in [9.17, 15) is 22.8 Å². The summed E-state index contributed by atoms with van der Waals surface area (Å²) in [7, 11) is 1.34. The van der Waals surface area contributed by atoms with Gasteiger partial charge in [0, 0.05) is 23.4 Å². The summed E-state index contributed by atoms with van der Waals surface area (Å²) in [5, 5.41) is 7.00. The van der Waals surface area contributed by atoms with Gasteiger partial charge in [-0.25, -0.2) is 4.68 Å². The number of esters is 1.